The molecule has 212 valence electrons. The summed E-state index contributed by atoms with van der Waals surface area (Å²) >= 11 is 0. The normalized spacial score (nSPS) is 17.5. The van der Waals surface area contributed by atoms with Crippen LogP contribution in [-0.2, 0) is 6.54 Å². The van der Waals surface area contributed by atoms with Crippen molar-refractivity contribution >= 4 is 27.8 Å². The summed E-state index contributed by atoms with van der Waals surface area (Å²) in [5.74, 6) is -0.273. The zero-order valence-corrected chi connectivity index (χ0v) is 23.6. The number of carbonyl (C=O) groups is 1. The summed E-state index contributed by atoms with van der Waals surface area (Å²) in [5, 5.41) is 4.82. The van der Waals surface area contributed by atoms with E-state index in [0.29, 0.717) is 23.2 Å². The van der Waals surface area contributed by atoms with Gasteiger partial charge in [0.25, 0.3) is 5.91 Å². The molecular weight excluding hydrogens is 519 g/mol. The van der Waals surface area contributed by atoms with Gasteiger partial charge in [-0.2, -0.15) is 0 Å². The molecule has 2 aromatic carbocycles. The Balaban J connectivity index is 1.22. The highest BCUT2D eigenvalue weighted by molar-refractivity contribution is 5.99. The zero-order chi connectivity index (χ0) is 28.7. The van der Waals surface area contributed by atoms with Gasteiger partial charge in [0.1, 0.15) is 5.82 Å². The fraction of sp³-hybridized carbons (Fsp3) is 0.344. The van der Waals surface area contributed by atoms with Crippen molar-refractivity contribution in [2.75, 3.05) is 7.05 Å². The molecule has 1 amide bonds. The predicted octanol–water partition coefficient (Wildman–Crippen LogP) is 5.63. The Morgan fingerprint density at radius 1 is 1.10 bits per heavy atom. The third-order valence-corrected chi connectivity index (χ3v) is 8.52. The first-order valence-corrected chi connectivity index (χ1v) is 14.2. The van der Waals surface area contributed by atoms with Crippen molar-refractivity contribution < 1.29 is 9.18 Å². The van der Waals surface area contributed by atoms with Crippen LogP contribution in [-0.4, -0.2) is 49.5 Å². The maximum Gasteiger partial charge on any atom is 0.323 e. The average Bonchev–Trinajstić information content (AvgIpc) is 3.55. The van der Waals surface area contributed by atoms with E-state index in [1.54, 1.807) is 24.2 Å². The molecular formula is C32H35FN6O2. The second-order valence-electron chi connectivity index (χ2n) is 11.4. The molecule has 1 fully saturated rings. The Morgan fingerprint density at radius 3 is 2.66 bits per heavy atom. The molecule has 0 aliphatic heterocycles. The predicted molar refractivity (Wildman–Crippen MR) is 159 cm³/mol. The monoisotopic (exact) mass is 554 g/mol. The van der Waals surface area contributed by atoms with Gasteiger partial charge in [-0.3, -0.25) is 9.78 Å². The summed E-state index contributed by atoms with van der Waals surface area (Å²) in [5.41, 5.74) is 5.73. The largest absolute Gasteiger partial charge is 0.339 e. The second-order valence-corrected chi connectivity index (χ2v) is 11.4. The van der Waals surface area contributed by atoms with Crippen LogP contribution in [0.15, 0.2) is 65.8 Å². The van der Waals surface area contributed by atoms with E-state index in [0.717, 1.165) is 59.7 Å². The maximum atomic E-state index is 14.4. The summed E-state index contributed by atoms with van der Waals surface area (Å²) in [6, 6.07) is 12.9. The number of pyridine rings is 1. The molecule has 8 nitrogen and oxygen atoms in total. The summed E-state index contributed by atoms with van der Waals surface area (Å²) in [4.78, 5) is 36.5. The van der Waals surface area contributed by atoms with Crippen molar-refractivity contribution in [1.29, 1.82) is 0 Å². The number of H-pyrrole nitrogens is 2. The number of nitrogens with one attached hydrogen (secondary N) is 3. The number of hydrogen-bond donors (Lipinski definition) is 3. The molecule has 1 aliphatic rings. The highest BCUT2D eigenvalue weighted by Gasteiger charge is 2.27. The SMILES string of the molecule is CC(C)N(C)C(=O)c1cc(F)ccc1-n1cc(C2CCC(NCc3ccc4[nH]c(=O)[nH]c4c3)CC2)c2ccncc21. The number of fused-ring (bicyclic) bond motifs is 2. The van der Waals surface area contributed by atoms with E-state index in [1.165, 1.54) is 17.7 Å². The molecule has 0 bridgehead atoms. The standard InChI is InChI=1S/C32H35FN6O2/c1-19(2)38(3)31(40)25-15-22(33)7-11-29(25)39-18-26(24-12-13-34-17-30(24)39)21-5-8-23(9-6-21)35-16-20-4-10-27-28(14-20)37-32(41)36-27/h4,7,10-15,17-19,21,23,35H,5-6,8-9,16H2,1-3H3,(H2,36,37,41). The molecule has 0 radical (unpaired) electrons. The first-order chi connectivity index (χ1) is 19.8. The molecule has 9 heteroatoms. The van der Waals surface area contributed by atoms with Crippen molar-refractivity contribution in [3.05, 3.63) is 94.0 Å². The van der Waals surface area contributed by atoms with Crippen LogP contribution in [0.2, 0.25) is 0 Å². The lowest BCUT2D eigenvalue weighted by Crippen LogP contribution is -2.33. The first kappa shape index (κ1) is 27.0. The number of nitrogens with zero attached hydrogens (tertiary/aromatic N) is 3. The Labute approximate surface area is 237 Å². The van der Waals surface area contributed by atoms with E-state index in [1.807, 2.05) is 48.9 Å². The van der Waals surface area contributed by atoms with Crippen LogP contribution in [0.25, 0.3) is 27.6 Å². The summed E-state index contributed by atoms with van der Waals surface area (Å²) < 4.78 is 16.4. The lowest BCUT2D eigenvalue weighted by molar-refractivity contribution is 0.0754. The Morgan fingerprint density at radius 2 is 1.88 bits per heavy atom. The average molecular weight is 555 g/mol. The number of carbonyl (C=O) groups excluding carboxylic acids is 1. The number of aromatic amines is 2. The van der Waals surface area contributed by atoms with Gasteiger partial charge < -0.3 is 24.8 Å². The molecule has 6 rings (SSSR count). The highest BCUT2D eigenvalue weighted by atomic mass is 19.1. The van der Waals surface area contributed by atoms with Gasteiger partial charge in [0, 0.05) is 43.5 Å². The summed E-state index contributed by atoms with van der Waals surface area (Å²) in [7, 11) is 1.74. The number of benzene rings is 2. The second kappa shape index (κ2) is 11.0. The number of rotatable bonds is 7. The van der Waals surface area contributed by atoms with Gasteiger partial charge in [0.15, 0.2) is 0 Å². The first-order valence-electron chi connectivity index (χ1n) is 14.2. The quantitative estimate of drug-likeness (QED) is 0.243. The van der Waals surface area contributed by atoms with Gasteiger partial charge in [0.05, 0.1) is 34.0 Å². The number of hydrogen-bond acceptors (Lipinski definition) is 4. The fourth-order valence-corrected chi connectivity index (χ4v) is 6.00. The van der Waals surface area contributed by atoms with Crippen LogP contribution in [0, 0.1) is 5.82 Å². The van der Waals surface area contributed by atoms with E-state index >= 15 is 0 Å². The lowest BCUT2D eigenvalue weighted by atomic mass is 9.81. The molecule has 1 aliphatic carbocycles. The van der Waals surface area contributed by atoms with E-state index in [-0.39, 0.29) is 17.6 Å². The van der Waals surface area contributed by atoms with Crippen LogP contribution < -0.4 is 11.0 Å². The van der Waals surface area contributed by atoms with Crippen LogP contribution in [0.3, 0.4) is 0 Å². The van der Waals surface area contributed by atoms with Crippen LogP contribution in [0.1, 0.15) is 66.9 Å². The van der Waals surface area contributed by atoms with Crippen LogP contribution >= 0.6 is 0 Å². The molecule has 1 saturated carbocycles. The van der Waals surface area contributed by atoms with Gasteiger partial charge in [-0.05, 0) is 93.0 Å². The summed E-state index contributed by atoms with van der Waals surface area (Å²) in [6.07, 6.45) is 9.92. The molecule has 5 aromatic rings. The molecule has 3 heterocycles. The molecule has 41 heavy (non-hydrogen) atoms. The topological polar surface area (TPSA) is 98.8 Å². The minimum atomic E-state index is -0.434. The zero-order valence-electron chi connectivity index (χ0n) is 23.6. The third kappa shape index (κ3) is 5.29. The molecule has 3 N–H and O–H groups in total. The van der Waals surface area contributed by atoms with E-state index in [2.05, 4.69) is 26.5 Å². The Hall–Kier alpha value is -4.24. The van der Waals surface area contributed by atoms with Crippen molar-refractivity contribution in [2.45, 2.75) is 64.1 Å². The molecule has 0 atom stereocenters. The van der Waals surface area contributed by atoms with E-state index < -0.39 is 5.82 Å². The molecule has 3 aromatic heterocycles. The number of imidazole rings is 1. The number of aromatic nitrogens is 4. The molecule has 0 unspecified atom stereocenters. The van der Waals surface area contributed by atoms with E-state index in [9.17, 15) is 14.0 Å². The summed E-state index contributed by atoms with van der Waals surface area (Å²) in [6.45, 7) is 4.63. The Bertz CT molecular complexity index is 1780. The minimum absolute atomic E-state index is 0.0124. The van der Waals surface area contributed by atoms with Crippen molar-refractivity contribution in [1.82, 2.24) is 29.7 Å². The minimum Gasteiger partial charge on any atom is -0.339 e. The van der Waals surface area contributed by atoms with Gasteiger partial charge in [-0.1, -0.05) is 6.07 Å². The van der Waals surface area contributed by atoms with Gasteiger partial charge in [-0.15, -0.1) is 0 Å². The van der Waals surface area contributed by atoms with Crippen LogP contribution in [0.4, 0.5) is 4.39 Å². The van der Waals surface area contributed by atoms with Crippen molar-refractivity contribution in [3.63, 3.8) is 0 Å². The van der Waals surface area contributed by atoms with Gasteiger partial charge in [-0.25, -0.2) is 9.18 Å². The number of amides is 1. The fourth-order valence-electron chi connectivity index (χ4n) is 6.00. The van der Waals surface area contributed by atoms with E-state index in [4.69, 9.17) is 0 Å². The maximum absolute atomic E-state index is 14.4. The van der Waals surface area contributed by atoms with Crippen molar-refractivity contribution in [3.8, 4) is 5.69 Å². The third-order valence-electron chi connectivity index (χ3n) is 8.52. The number of halogens is 1. The lowest BCUT2D eigenvalue weighted by Gasteiger charge is -2.29. The van der Waals surface area contributed by atoms with Gasteiger partial charge in [0.2, 0.25) is 0 Å². The molecule has 0 spiro atoms. The smallest absolute Gasteiger partial charge is 0.323 e. The van der Waals surface area contributed by atoms with Crippen molar-refractivity contribution in [2.24, 2.45) is 0 Å². The van der Waals surface area contributed by atoms with Crippen LogP contribution in [0.5, 0.6) is 0 Å². The van der Waals surface area contributed by atoms with Gasteiger partial charge >= 0.3 is 5.69 Å². The molecule has 0 saturated heterocycles. The highest BCUT2D eigenvalue weighted by Crippen LogP contribution is 2.39. The Kier molecular flexibility index (Phi) is 7.21.